The monoisotopic (exact) mass is 197 g/mol. The van der Waals surface area contributed by atoms with Crippen LogP contribution in [0, 0.1) is 23.7 Å². The van der Waals surface area contributed by atoms with Crippen molar-refractivity contribution >= 4 is 0 Å². The molecule has 76 valence electrons. The van der Waals surface area contributed by atoms with E-state index in [0.29, 0.717) is 0 Å². The van der Waals surface area contributed by atoms with Gasteiger partial charge in [-0.05, 0) is 26.1 Å². The molecule has 0 aromatic heterocycles. The van der Waals surface area contributed by atoms with Crippen molar-refractivity contribution in [3.63, 3.8) is 0 Å². The highest BCUT2D eigenvalue weighted by Crippen LogP contribution is 1.94. The number of nitrogens with zero attached hydrogens (tertiary/aromatic N) is 1. The molecule has 1 aromatic rings. The molecule has 0 spiro atoms. The van der Waals surface area contributed by atoms with Crippen LogP contribution < -0.4 is 0 Å². The Balaban J connectivity index is 2.42. The van der Waals surface area contributed by atoms with Crippen molar-refractivity contribution in [2.45, 2.75) is 6.92 Å². The summed E-state index contributed by atoms with van der Waals surface area (Å²) in [6.07, 6.45) is 0. The molecule has 0 radical (unpaired) electrons. The molecule has 1 heteroatoms. The molecule has 0 saturated heterocycles. The van der Waals surface area contributed by atoms with Crippen molar-refractivity contribution in [2.24, 2.45) is 0 Å². The third kappa shape index (κ3) is 4.91. The summed E-state index contributed by atoms with van der Waals surface area (Å²) in [6, 6.07) is 10.0. The number of benzene rings is 1. The molecular formula is C14H15N. The average molecular weight is 197 g/mol. The fourth-order valence-electron chi connectivity index (χ4n) is 1.07. The van der Waals surface area contributed by atoms with Gasteiger partial charge in [0.15, 0.2) is 0 Å². The van der Waals surface area contributed by atoms with Gasteiger partial charge in [-0.15, -0.1) is 5.92 Å². The summed E-state index contributed by atoms with van der Waals surface area (Å²) in [4.78, 5) is 2.09. The Bertz CT molecular complexity index is 398. The highest BCUT2D eigenvalue weighted by atomic mass is 15.1. The molecule has 0 aliphatic rings. The average Bonchev–Trinajstić information content (AvgIpc) is 2.28. The van der Waals surface area contributed by atoms with Crippen molar-refractivity contribution in [1.82, 2.24) is 4.90 Å². The lowest BCUT2D eigenvalue weighted by Crippen LogP contribution is -2.18. The molecular weight excluding hydrogens is 182 g/mol. The molecule has 0 N–H and O–H groups in total. The van der Waals surface area contributed by atoms with Gasteiger partial charge in [-0.1, -0.05) is 36.0 Å². The first-order chi connectivity index (χ1) is 7.33. The van der Waals surface area contributed by atoms with E-state index in [0.717, 1.165) is 18.7 Å². The van der Waals surface area contributed by atoms with Crippen molar-refractivity contribution in [2.75, 3.05) is 20.1 Å². The Morgan fingerprint density at radius 3 is 2.40 bits per heavy atom. The Hall–Kier alpha value is -1.70. The quantitative estimate of drug-likeness (QED) is 0.655. The van der Waals surface area contributed by atoms with Crippen molar-refractivity contribution < 1.29 is 0 Å². The summed E-state index contributed by atoms with van der Waals surface area (Å²) in [5.74, 6) is 12.1. The lowest BCUT2D eigenvalue weighted by molar-refractivity contribution is 0.425. The molecule has 1 aromatic carbocycles. The van der Waals surface area contributed by atoms with Crippen LogP contribution in [0.25, 0.3) is 0 Å². The van der Waals surface area contributed by atoms with Crippen molar-refractivity contribution in [1.29, 1.82) is 0 Å². The van der Waals surface area contributed by atoms with E-state index >= 15 is 0 Å². The van der Waals surface area contributed by atoms with Gasteiger partial charge in [0.25, 0.3) is 0 Å². The van der Waals surface area contributed by atoms with Crippen LogP contribution >= 0.6 is 0 Å². The molecule has 0 unspecified atom stereocenters. The van der Waals surface area contributed by atoms with Gasteiger partial charge >= 0.3 is 0 Å². The van der Waals surface area contributed by atoms with Gasteiger partial charge < -0.3 is 0 Å². The molecule has 0 aliphatic carbocycles. The molecule has 0 heterocycles. The number of hydrogen-bond donors (Lipinski definition) is 0. The topological polar surface area (TPSA) is 3.24 Å². The van der Waals surface area contributed by atoms with Crippen LogP contribution in [-0.2, 0) is 0 Å². The van der Waals surface area contributed by atoms with Crippen LogP contribution in [0.2, 0.25) is 0 Å². The predicted octanol–water partition coefficient (Wildman–Crippen LogP) is 1.99. The summed E-state index contributed by atoms with van der Waals surface area (Å²) in [7, 11) is 2.02. The van der Waals surface area contributed by atoms with Gasteiger partial charge in [-0.2, -0.15) is 0 Å². The van der Waals surface area contributed by atoms with Gasteiger partial charge in [0.05, 0.1) is 13.1 Å². The van der Waals surface area contributed by atoms with Crippen LogP contribution in [0.1, 0.15) is 12.5 Å². The highest BCUT2D eigenvalue weighted by molar-refractivity contribution is 5.33. The maximum Gasteiger partial charge on any atom is 0.0610 e. The van der Waals surface area contributed by atoms with Crippen LogP contribution in [0.4, 0.5) is 0 Å². The first kappa shape index (κ1) is 11.4. The smallest absolute Gasteiger partial charge is 0.0610 e. The van der Waals surface area contributed by atoms with Gasteiger partial charge in [0.2, 0.25) is 0 Å². The molecule has 1 rings (SSSR count). The van der Waals surface area contributed by atoms with E-state index in [2.05, 4.69) is 28.6 Å². The predicted molar refractivity (Wildman–Crippen MR) is 64.3 cm³/mol. The molecule has 0 atom stereocenters. The lowest BCUT2D eigenvalue weighted by Gasteiger charge is -2.06. The molecule has 0 amide bonds. The molecule has 0 fully saturated rings. The maximum absolute atomic E-state index is 3.12. The molecule has 15 heavy (non-hydrogen) atoms. The maximum atomic E-state index is 3.12. The first-order valence-corrected chi connectivity index (χ1v) is 4.95. The zero-order valence-corrected chi connectivity index (χ0v) is 9.25. The summed E-state index contributed by atoms with van der Waals surface area (Å²) in [5, 5.41) is 0. The molecule has 0 bridgehead atoms. The van der Waals surface area contributed by atoms with E-state index in [4.69, 9.17) is 0 Å². The van der Waals surface area contributed by atoms with Crippen LogP contribution in [0.15, 0.2) is 30.3 Å². The standard InChI is InChI=1S/C14H15N/c1-3-4-12-15(2)13-8-11-14-9-6-5-7-10-14/h5-7,9-10H,12-13H2,1-2H3. The van der Waals surface area contributed by atoms with Crippen LogP contribution in [0.3, 0.4) is 0 Å². The largest absolute Gasteiger partial charge is 0.284 e. The second-order valence-electron chi connectivity index (χ2n) is 3.27. The summed E-state index contributed by atoms with van der Waals surface area (Å²) in [6.45, 7) is 3.38. The number of rotatable bonds is 2. The van der Waals surface area contributed by atoms with E-state index in [1.54, 1.807) is 0 Å². The van der Waals surface area contributed by atoms with Crippen molar-refractivity contribution in [3.8, 4) is 23.7 Å². The fourth-order valence-corrected chi connectivity index (χ4v) is 1.07. The van der Waals surface area contributed by atoms with E-state index in [1.807, 2.05) is 44.3 Å². The second kappa shape index (κ2) is 6.71. The minimum absolute atomic E-state index is 0.754. The first-order valence-electron chi connectivity index (χ1n) is 4.95. The zero-order chi connectivity index (χ0) is 10.9. The van der Waals surface area contributed by atoms with E-state index < -0.39 is 0 Å². The second-order valence-corrected chi connectivity index (χ2v) is 3.27. The van der Waals surface area contributed by atoms with E-state index in [-0.39, 0.29) is 0 Å². The molecule has 1 nitrogen and oxygen atoms in total. The summed E-state index contributed by atoms with van der Waals surface area (Å²) >= 11 is 0. The number of hydrogen-bond acceptors (Lipinski definition) is 1. The Morgan fingerprint density at radius 2 is 1.73 bits per heavy atom. The Morgan fingerprint density at radius 1 is 1.07 bits per heavy atom. The highest BCUT2D eigenvalue weighted by Gasteiger charge is 1.89. The molecule has 0 aliphatic heterocycles. The summed E-state index contributed by atoms with van der Waals surface area (Å²) in [5.41, 5.74) is 1.06. The van der Waals surface area contributed by atoms with Crippen LogP contribution in [-0.4, -0.2) is 25.0 Å². The summed E-state index contributed by atoms with van der Waals surface area (Å²) < 4.78 is 0. The van der Waals surface area contributed by atoms with Gasteiger partial charge in [-0.3, -0.25) is 4.90 Å². The Labute approximate surface area is 92.1 Å². The SMILES string of the molecule is CC#CCN(C)CC#Cc1ccccc1. The minimum atomic E-state index is 0.754. The van der Waals surface area contributed by atoms with Gasteiger partial charge in [-0.25, -0.2) is 0 Å². The Kier molecular flexibility index (Phi) is 5.09. The molecule has 0 saturated carbocycles. The van der Waals surface area contributed by atoms with Crippen LogP contribution in [0.5, 0.6) is 0 Å². The van der Waals surface area contributed by atoms with Gasteiger partial charge in [0, 0.05) is 5.56 Å². The van der Waals surface area contributed by atoms with Gasteiger partial charge in [0.1, 0.15) is 0 Å². The lowest BCUT2D eigenvalue weighted by atomic mass is 10.2. The fraction of sp³-hybridized carbons (Fsp3) is 0.286. The zero-order valence-electron chi connectivity index (χ0n) is 9.25. The normalized spacial score (nSPS) is 8.73. The minimum Gasteiger partial charge on any atom is -0.284 e. The van der Waals surface area contributed by atoms with E-state index in [9.17, 15) is 0 Å². The third-order valence-electron chi connectivity index (χ3n) is 1.88. The van der Waals surface area contributed by atoms with Crippen molar-refractivity contribution in [3.05, 3.63) is 35.9 Å². The van der Waals surface area contributed by atoms with E-state index in [1.165, 1.54) is 0 Å². The third-order valence-corrected chi connectivity index (χ3v) is 1.88.